The summed E-state index contributed by atoms with van der Waals surface area (Å²) < 4.78 is 11.0. The minimum atomic E-state index is -0.279. The lowest BCUT2D eigenvalue weighted by Crippen LogP contribution is -2.15. The van der Waals surface area contributed by atoms with Gasteiger partial charge in [-0.1, -0.05) is 48.0 Å². The number of thiophene rings is 1. The van der Waals surface area contributed by atoms with Crippen molar-refractivity contribution < 1.29 is 19.1 Å². The summed E-state index contributed by atoms with van der Waals surface area (Å²) in [6.45, 7) is 2.02. The highest BCUT2D eigenvalue weighted by molar-refractivity contribution is 7.12. The molecule has 4 aromatic rings. The molecule has 0 unspecified atom stereocenters. The number of benzene rings is 3. The van der Waals surface area contributed by atoms with Crippen molar-refractivity contribution >= 4 is 34.5 Å². The fourth-order valence-electron chi connectivity index (χ4n) is 3.50. The van der Waals surface area contributed by atoms with Crippen LogP contribution in [-0.2, 0) is 0 Å². The highest BCUT2D eigenvalue weighted by Crippen LogP contribution is 2.38. The van der Waals surface area contributed by atoms with Gasteiger partial charge in [0.05, 0.1) is 30.5 Å². The quantitative estimate of drug-likeness (QED) is 0.334. The Morgan fingerprint density at radius 3 is 1.94 bits per heavy atom. The molecule has 0 bridgehead atoms. The molecule has 1 aromatic heterocycles. The first-order valence-electron chi connectivity index (χ1n) is 10.6. The predicted molar refractivity (Wildman–Crippen MR) is 136 cm³/mol. The van der Waals surface area contributed by atoms with Crippen molar-refractivity contribution in [2.24, 2.45) is 0 Å². The van der Waals surface area contributed by atoms with Crippen molar-refractivity contribution in [1.82, 2.24) is 0 Å². The maximum absolute atomic E-state index is 13.2. The van der Waals surface area contributed by atoms with Gasteiger partial charge in [0.25, 0.3) is 11.8 Å². The van der Waals surface area contributed by atoms with E-state index in [1.165, 1.54) is 25.6 Å². The van der Waals surface area contributed by atoms with Gasteiger partial charge in [-0.2, -0.15) is 0 Å². The van der Waals surface area contributed by atoms with Gasteiger partial charge in [0.2, 0.25) is 0 Å². The van der Waals surface area contributed by atoms with Gasteiger partial charge >= 0.3 is 0 Å². The molecule has 34 heavy (non-hydrogen) atoms. The molecular formula is C27H24N2O4S. The lowest BCUT2D eigenvalue weighted by molar-refractivity contribution is 0.101. The van der Waals surface area contributed by atoms with Crippen LogP contribution in [-0.4, -0.2) is 26.0 Å². The number of methoxy groups -OCH3 is 2. The van der Waals surface area contributed by atoms with E-state index in [0.717, 1.165) is 16.7 Å². The average molecular weight is 473 g/mol. The number of carbonyl (C=O) groups is 2. The van der Waals surface area contributed by atoms with E-state index in [9.17, 15) is 9.59 Å². The maximum atomic E-state index is 13.2. The van der Waals surface area contributed by atoms with Gasteiger partial charge in [0, 0.05) is 23.3 Å². The second-order valence-electron chi connectivity index (χ2n) is 7.56. The molecule has 2 N–H and O–H groups in total. The average Bonchev–Trinajstić information content (AvgIpc) is 3.35. The minimum absolute atomic E-state index is 0.257. The van der Waals surface area contributed by atoms with E-state index >= 15 is 0 Å². The second-order valence-corrected chi connectivity index (χ2v) is 8.47. The molecular weight excluding hydrogens is 448 g/mol. The zero-order valence-corrected chi connectivity index (χ0v) is 19.9. The van der Waals surface area contributed by atoms with Crippen LogP contribution in [0.15, 0.2) is 78.2 Å². The van der Waals surface area contributed by atoms with Crippen LogP contribution in [0.3, 0.4) is 0 Å². The first kappa shape index (κ1) is 23.1. The lowest BCUT2D eigenvalue weighted by Gasteiger charge is -2.16. The number of aryl methyl sites for hydroxylation is 1. The number of amides is 2. The summed E-state index contributed by atoms with van der Waals surface area (Å²) in [5.41, 5.74) is 4.37. The molecule has 0 radical (unpaired) electrons. The molecule has 0 spiro atoms. The van der Waals surface area contributed by atoms with Gasteiger partial charge in [0.1, 0.15) is 11.5 Å². The van der Waals surface area contributed by atoms with Gasteiger partial charge in [-0.3, -0.25) is 9.59 Å². The number of anilines is 2. The molecule has 0 fully saturated rings. The molecule has 3 aromatic carbocycles. The van der Waals surface area contributed by atoms with Crippen molar-refractivity contribution in [3.63, 3.8) is 0 Å². The van der Waals surface area contributed by atoms with Crippen LogP contribution in [0.25, 0.3) is 11.1 Å². The lowest BCUT2D eigenvalue weighted by atomic mass is 10.0. The Bertz CT molecular complexity index is 1310. The topological polar surface area (TPSA) is 76.7 Å². The van der Waals surface area contributed by atoms with Crippen LogP contribution in [0, 0.1) is 6.92 Å². The van der Waals surface area contributed by atoms with Crippen molar-refractivity contribution in [3.05, 3.63) is 94.2 Å². The predicted octanol–water partition coefficient (Wildman–Crippen LogP) is 6.25. The zero-order valence-electron chi connectivity index (χ0n) is 19.0. The number of hydrogen-bond acceptors (Lipinski definition) is 5. The number of carbonyl (C=O) groups excluding carboxylic acids is 2. The summed E-state index contributed by atoms with van der Waals surface area (Å²) in [5, 5.41) is 7.66. The third-order valence-corrected chi connectivity index (χ3v) is 6.20. The number of nitrogens with one attached hydrogen (secondary N) is 2. The van der Waals surface area contributed by atoms with Gasteiger partial charge in [-0.25, -0.2) is 0 Å². The van der Waals surface area contributed by atoms with Crippen LogP contribution >= 0.6 is 11.3 Å². The van der Waals surface area contributed by atoms with E-state index < -0.39 is 0 Å². The van der Waals surface area contributed by atoms with Crippen LogP contribution in [0.2, 0.25) is 0 Å². The summed E-state index contributed by atoms with van der Waals surface area (Å²) in [7, 11) is 3.00. The summed E-state index contributed by atoms with van der Waals surface area (Å²) in [4.78, 5) is 26.4. The third-order valence-electron chi connectivity index (χ3n) is 5.29. The van der Waals surface area contributed by atoms with Crippen LogP contribution < -0.4 is 20.1 Å². The molecule has 0 aliphatic carbocycles. The van der Waals surface area contributed by atoms with Crippen molar-refractivity contribution in [2.75, 3.05) is 24.9 Å². The molecule has 0 saturated heterocycles. The van der Waals surface area contributed by atoms with Crippen molar-refractivity contribution in [1.29, 1.82) is 0 Å². The number of hydrogen-bond donors (Lipinski definition) is 2. The molecule has 0 saturated carbocycles. The minimum Gasteiger partial charge on any atom is -0.494 e. The van der Waals surface area contributed by atoms with E-state index in [-0.39, 0.29) is 11.8 Å². The maximum Gasteiger partial charge on any atom is 0.266 e. The number of rotatable bonds is 7. The van der Waals surface area contributed by atoms with Crippen molar-refractivity contribution in [3.8, 4) is 22.6 Å². The van der Waals surface area contributed by atoms with Crippen LogP contribution in [0.5, 0.6) is 11.5 Å². The largest absolute Gasteiger partial charge is 0.494 e. The molecule has 4 rings (SSSR count). The smallest absolute Gasteiger partial charge is 0.266 e. The van der Waals surface area contributed by atoms with E-state index in [4.69, 9.17) is 9.47 Å². The Morgan fingerprint density at radius 2 is 1.35 bits per heavy atom. The molecule has 172 valence electrons. The van der Waals surface area contributed by atoms with Crippen molar-refractivity contribution in [2.45, 2.75) is 6.92 Å². The Balaban J connectivity index is 1.60. The number of ether oxygens (including phenoxy) is 2. The standard InChI is InChI=1S/C27H24N2O4S/c1-17-9-11-18(12-10-17)20-13-14-34-25(20)27(31)29-22-16-23(32-2)21(15-24(22)33-3)28-26(30)19-7-5-4-6-8-19/h4-16H,1-3H3,(H,28,30)(H,29,31). The summed E-state index contributed by atoms with van der Waals surface area (Å²) in [6, 6.07) is 22.1. The Labute approximate surface area is 202 Å². The zero-order chi connectivity index (χ0) is 24.1. The second kappa shape index (κ2) is 10.2. The molecule has 0 atom stereocenters. The van der Waals surface area contributed by atoms with E-state index in [1.54, 1.807) is 36.4 Å². The first-order valence-corrected chi connectivity index (χ1v) is 11.5. The highest BCUT2D eigenvalue weighted by atomic mass is 32.1. The molecule has 0 aliphatic rings. The third kappa shape index (κ3) is 4.94. The van der Waals surface area contributed by atoms with Gasteiger partial charge in [-0.15, -0.1) is 11.3 Å². The Morgan fingerprint density at radius 1 is 0.765 bits per heavy atom. The SMILES string of the molecule is COc1cc(NC(=O)c2sccc2-c2ccc(C)cc2)c(OC)cc1NC(=O)c1ccccc1. The molecule has 1 heterocycles. The van der Waals surface area contributed by atoms with Crippen LogP contribution in [0.4, 0.5) is 11.4 Å². The Hall–Kier alpha value is -4.10. The molecule has 2 amide bonds. The van der Waals surface area contributed by atoms with E-state index in [1.807, 2.05) is 48.7 Å². The van der Waals surface area contributed by atoms with Gasteiger partial charge < -0.3 is 20.1 Å². The summed E-state index contributed by atoms with van der Waals surface area (Å²) in [6.07, 6.45) is 0. The first-order chi connectivity index (χ1) is 16.5. The molecule has 0 aliphatic heterocycles. The monoisotopic (exact) mass is 472 g/mol. The Kier molecular flexibility index (Phi) is 6.94. The fraction of sp³-hybridized carbons (Fsp3) is 0.111. The summed E-state index contributed by atoms with van der Waals surface area (Å²) in [5.74, 6) is 0.252. The van der Waals surface area contributed by atoms with Crippen LogP contribution in [0.1, 0.15) is 25.6 Å². The van der Waals surface area contributed by atoms with Gasteiger partial charge in [0.15, 0.2) is 0 Å². The van der Waals surface area contributed by atoms with E-state index in [2.05, 4.69) is 10.6 Å². The fourth-order valence-corrected chi connectivity index (χ4v) is 4.31. The molecule has 6 nitrogen and oxygen atoms in total. The van der Waals surface area contributed by atoms with E-state index in [0.29, 0.717) is 33.3 Å². The highest BCUT2D eigenvalue weighted by Gasteiger charge is 2.19. The normalized spacial score (nSPS) is 10.4. The summed E-state index contributed by atoms with van der Waals surface area (Å²) >= 11 is 1.37. The van der Waals surface area contributed by atoms with Gasteiger partial charge in [-0.05, 0) is 36.1 Å². The molecule has 7 heteroatoms.